The summed E-state index contributed by atoms with van der Waals surface area (Å²) in [6.07, 6.45) is 6.22. The van der Waals surface area contributed by atoms with Crippen molar-refractivity contribution >= 4 is 5.95 Å². The summed E-state index contributed by atoms with van der Waals surface area (Å²) < 4.78 is 5.87. The van der Waals surface area contributed by atoms with Gasteiger partial charge in [-0.15, -0.1) is 0 Å². The zero-order valence-electron chi connectivity index (χ0n) is 11.2. The van der Waals surface area contributed by atoms with Gasteiger partial charge in [0.2, 0.25) is 5.95 Å². The van der Waals surface area contributed by atoms with Crippen LogP contribution in [-0.4, -0.2) is 21.6 Å². The predicted octanol–water partition coefficient (Wildman–Crippen LogP) is 2.42. The number of aromatic nitrogens is 3. The first-order valence-corrected chi connectivity index (χ1v) is 6.80. The summed E-state index contributed by atoms with van der Waals surface area (Å²) in [5.41, 5.74) is 5.71. The zero-order chi connectivity index (χ0) is 13.0. The third kappa shape index (κ3) is 3.16. The SMILES string of the molecule is CCOC(c1nc(C)nc(N)n1)C1CCCCC1. The third-order valence-electron chi connectivity index (χ3n) is 3.46. The molecular weight excluding hydrogens is 228 g/mol. The number of hydrogen-bond acceptors (Lipinski definition) is 5. The van der Waals surface area contributed by atoms with Crippen LogP contribution in [0.5, 0.6) is 0 Å². The van der Waals surface area contributed by atoms with Gasteiger partial charge in [-0.1, -0.05) is 19.3 Å². The first-order chi connectivity index (χ1) is 8.70. The molecular formula is C13H22N4O. The number of rotatable bonds is 4. The normalized spacial score (nSPS) is 18.8. The van der Waals surface area contributed by atoms with Crippen molar-refractivity contribution in [3.05, 3.63) is 11.6 Å². The number of nitrogen functional groups attached to an aromatic ring is 1. The monoisotopic (exact) mass is 250 g/mol. The van der Waals surface area contributed by atoms with Gasteiger partial charge < -0.3 is 10.5 Å². The molecule has 5 nitrogen and oxygen atoms in total. The molecule has 2 N–H and O–H groups in total. The van der Waals surface area contributed by atoms with Gasteiger partial charge in [0.1, 0.15) is 11.9 Å². The highest BCUT2D eigenvalue weighted by Gasteiger charge is 2.28. The Morgan fingerprint density at radius 2 is 1.94 bits per heavy atom. The van der Waals surface area contributed by atoms with E-state index >= 15 is 0 Å². The molecule has 0 spiro atoms. The van der Waals surface area contributed by atoms with Crippen LogP contribution in [0, 0.1) is 12.8 Å². The van der Waals surface area contributed by atoms with E-state index in [4.69, 9.17) is 10.5 Å². The molecule has 0 aliphatic heterocycles. The fraction of sp³-hybridized carbons (Fsp3) is 0.769. The molecule has 1 atom stereocenters. The van der Waals surface area contributed by atoms with Gasteiger partial charge in [0.15, 0.2) is 5.82 Å². The Labute approximate surface area is 108 Å². The van der Waals surface area contributed by atoms with E-state index in [0.717, 1.165) is 0 Å². The standard InChI is InChI=1S/C13H22N4O/c1-3-18-11(10-7-5-4-6-8-10)12-15-9(2)16-13(14)17-12/h10-11H,3-8H2,1-2H3,(H2,14,15,16,17). The van der Waals surface area contributed by atoms with Crippen molar-refractivity contribution in [1.82, 2.24) is 15.0 Å². The summed E-state index contributed by atoms with van der Waals surface area (Å²) >= 11 is 0. The van der Waals surface area contributed by atoms with Crippen LogP contribution in [0.4, 0.5) is 5.95 Å². The quantitative estimate of drug-likeness (QED) is 0.888. The molecule has 0 amide bonds. The van der Waals surface area contributed by atoms with E-state index < -0.39 is 0 Å². The van der Waals surface area contributed by atoms with Crippen LogP contribution in [0.25, 0.3) is 0 Å². The van der Waals surface area contributed by atoms with Crippen molar-refractivity contribution in [2.75, 3.05) is 12.3 Å². The highest BCUT2D eigenvalue weighted by Crippen LogP contribution is 2.35. The summed E-state index contributed by atoms with van der Waals surface area (Å²) in [6.45, 7) is 4.52. The summed E-state index contributed by atoms with van der Waals surface area (Å²) in [7, 11) is 0. The molecule has 1 aliphatic rings. The Bertz CT molecular complexity index is 370. The molecule has 2 rings (SSSR count). The van der Waals surface area contributed by atoms with E-state index in [1.165, 1.54) is 32.1 Å². The molecule has 1 aliphatic carbocycles. The molecule has 0 saturated heterocycles. The number of aryl methyl sites for hydroxylation is 1. The fourth-order valence-electron chi connectivity index (χ4n) is 2.69. The lowest BCUT2D eigenvalue weighted by Crippen LogP contribution is -2.22. The van der Waals surface area contributed by atoms with Crippen LogP contribution in [0.3, 0.4) is 0 Å². The molecule has 0 radical (unpaired) electrons. The highest BCUT2D eigenvalue weighted by molar-refractivity contribution is 5.16. The minimum Gasteiger partial charge on any atom is -0.370 e. The fourth-order valence-corrected chi connectivity index (χ4v) is 2.69. The third-order valence-corrected chi connectivity index (χ3v) is 3.46. The van der Waals surface area contributed by atoms with Crippen molar-refractivity contribution < 1.29 is 4.74 Å². The summed E-state index contributed by atoms with van der Waals surface area (Å²) in [4.78, 5) is 12.7. The Kier molecular flexibility index (Phi) is 4.47. The molecule has 0 bridgehead atoms. The number of nitrogens with zero attached hydrogens (tertiary/aromatic N) is 3. The van der Waals surface area contributed by atoms with Crippen molar-refractivity contribution in [2.45, 2.75) is 52.1 Å². The average Bonchev–Trinajstić information content (AvgIpc) is 2.36. The van der Waals surface area contributed by atoms with Crippen LogP contribution >= 0.6 is 0 Å². The van der Waals surface area contributed by atoms with Gasteiger partial charge in [-0.2, -0.15) is 9.97 Å². The van der Waals surface area contributed by atoms with Gasteiger partial charge in [0.05, 0.1) is 0 Å². The molecule has 18 heavy (non-hydrogen) atoms. The van der Waals surface area contributed by atoms with Gasteiger partial charge in [0, 0.05) is 6.61 Å². The average molecular weight is 250 g/mol. The maximum Gasteiger partial charge on any atom is 0.223 e. The summed E-state index contributed by atoms with van der Waals surface area (Å²) in [5, 5.41) is 0. The molecule has 1 heterocycles. The second-order valence-corrected chi connectivity index (χ2v) is 4.87. The maximum absolute atomic E-state index is 5.87. The zero-order valence-corrected chi connectivity index (χ0v) is 11.2. The van der Waals surface area contributed by atoms with E-state index in [1.807, 2.05) is 13.8 Å². The van der Waals surface area contributed by atoms with E-state index in [1.54, 1.807) is 0 Å². The second kappa shape index (κ2) is 6.09. The molecule has 0 aromatic carbocycles. The smallest absolute Gasteiger partial charge is 0.223 e. The van der Waals surface area contributed by atoms with Crippen LogP contribution in [0.15, 0.2) is 0 Å². The summed E-state index contributed by atoms with van der Waals surface area (Å²) in [6, 6.07) is 0. The minimum absolute atomic E-state index is 0.0284. The van der Waals surface area contributed by atoms with Crippen molar-refractivity contribution in [2.24, 2.45) is 5.92 Å². The molecule has 1 aromatic heterocycles. The Morgan fingerprint density at radius 1 is 1.22 bits per heavy atom. The first kappa shape index (κ1) is 13.2. The Morgan fingerprint density at radius 3 is 2.56 bits per heavy atom. The van der Waals surface area contributed by atoms with Crippen molar-refractivity contribution in [1.29, 1.82) is 0 Å². The van der Waals surface area contributed by atoms with Gasteiger partial charge in [-0.3, -0.25) is 0 Å². The van der Waals surface area contributed by atoms with Crippen molar-refractivity contribution in [3.63, 3.8) is 0 Å². The van der Waals surface area contributed by atoms with Gasteiger partial charge in [0.25, 0.3) is 0 Å². The molecule has 1 unspecified atom stereocenters. The van der Waals surface area contributed by atoms with E-state index in [-0.39, 0.29) is 12.1 Å². The van der Waals surface area contributed by atoms with Crippen LogP contribution in [-0.2, 0) is 4.74 Å². The lowest BCUT2D eigenvalue weighted by atomic mass is 9.85. The van der Waals surface area contributed by atoms with E-state index in [0.29, 0.717) is 24.2 Å². The van der Waals surface area contributed by atoms with E-state index in [9.17, 15) is 0 Å². The van der Waals surface area contributed by atoms with Gasteiger partial charge >= 0.3 is 0 Å². The van der Waals surface area contributed by atoms with Crippen LogP contribution in [0.1, 0.15) is 56.8 Å². The molecule has 1 aromatic rings. The number of anilines is 1. The summed E-state index contributed by atoms with van der Waals surface area (Å²) in [5.74, 6) is 2.17. The molecule has 100 valence electrons. The molecule has 5 heteroatoms. The lowest BCUT2D eigenvalue weighted by Gasteiger charge is -2.29. The number of ether oxygens (including phenoxy) is 1. The number of nitrogens with two attached hydrogens (primary N) is 1. The highest BCUT2D eigenvalue weighted by atomic mass is 16.5. The topological polar surface area (TPSA) is 73.9 Å². The first-order valence-electron chi connectivity index (χ1n) is 6.80. The van der Waals surface area contributed by atoms with Crippen LogP contribution < -0.4 is 5.73 Å². The van der Waals surface area contributed by atoms with Gasteiger partial charge in [-0.05, 0) is 32.6 Å². The molecule has 1 saturated carbocycles. The van der Waals surface area contributed by atoms with Crippen LogP contribution in [0.2, 0.25) is 0 Å². The second-order valence-electron chi connectivity index (χ2n) is 4.87. The molecule has 1 fully saturated rings. The Hall–Kier alpha value is -1.23. The minimum atomic E-state index is -0.0284. The largest absolute Gasteiger partial charge is 0.370 e. The maximum atomic E-state index is 5.87. The van der Waals surface area contributed by atoms with E-state index in [2.05, 4.69) is 15.0 Å². The van der Waals surface area contributed by atoms with Gasteiger partial charge in [-0.25, -0.2) is 4.98 Å². The lowest BCUT2D eigenvalue weighted by molar-refractivity contribution is -0.000333. The predicted molar refractivity (Wildman–Crippen MR) is 69.9 cm³/mol. The Balaban J connectivity index is 2.22. The van der Waals surface area contributed by atoms with Crippen molar-refractivity contribution in [3.8, 4) is 0 Å². The number of hydrogen-bond donors (Lipinski definition) is 1.